The van der Waals surface area contributed by atoms with Crippen molar-refractivity contribution in [1.29, 1.82) is 0 Å². The van der Waals surface area contributed by atoms with Gasteiger partial charge in [-0.15, -0.1) is 0 Å². The lowest BCUT2D eigenvalue weighted by Gasteiger charge is -2.20. The molecule has 1 amide bonds. The zero-order valence-electron chi connectivity index (χ0n) is 13.0. The number of ether oxygens (including phenoxy) is 2. The van der Waals surface area contributed by atoms with Gasteiger partial charge >= 0.3 is 0 Å². The van der Waals surface area contributed by atoms with Crippen LogP contribution in [0.25, 0.3) is 0 Å². The molecule has 2 aromatic carbocycles. The second-order valence-corrected chi connectivity index (χ2v) is 5.38. The van der Waals surface area contributed by atoms with Gasteiger partial charge in [-0.2, -0.15) is 0 Å². The summed E-state index contributed by atoms with van der Waals surface area (Å²) in [6, 6.07) is 13.5. The molecule has 1 atom stereocenters. The fourth-order valence-electron chi connectivity index (χ4n) is 2.74. The van der Waals surface area contributed by atoms with Gasteiger partial charge in [0.2, 0.25) is 5.91 Å². The van der Waals surface area contributed by atoms with Gasteiger partial charge in [0, 0.05) is 6.42 Å². The highest BCUT2D eigenvalue weighted by Crippen LogP contribution is 2.31. The smallest absolute Gasteiger partial charge is 0.244 e. The third-order valence-electron chi connectivity index (χ3n) is 3.97. The van der Waals surface area contributed by atoms with Crippen LogP contribution in [0.4, 0.5) is 0 Å². The van der Waals surface area contributed by atoms with Gasteiger partial charge in [0.05, 0.1) is 19.8 Å². The monoisotopic (exact) mass is 309 g/mol. The molecule has 0 aliphatic carbocycles. The van der Waals surface area contributed by atoms with E-state index in [-0.39, 0.29) is 11.9 Å². The Bertz CT molecular complexity index is 722. The lowest BCUT2D eigenvalue weighted by Crippen LogP contribution is -2.27. The topological polar surface area (TPSA) is 47.6 Å². The van der Waals surface area contributed by atoms with Crippen LogP contribution in [0.1, 0.15) is 22.7 Å². The van der Waals surface area contributed by atoms with Crippen LogP contribution in [0.5, 0.6) is 11.5 Å². The third-order valence-corrected chi connectivity index (χ3v) is 3.97. The minimum atomic E-state index is -0.239. The molecule has 1 heterocycles. The number of rotatable bonds is 5. The molecule has 0 spiro atoms. The molecule has 0 saturated carbocycles. The maximum Gasteiger partial charge on any atom is 0.244 e. The van der Waals surface area contributed by atoms with E-state index < -0.39 is 0 Å². The van der Waals surface area contributed by atoms with Gasteiger partial charge in [0.15, 0.2) is 0 Å². The molecule has 0 radical (unpaired) electrons. The molecule has 1 aliphatic heterocycles. The van der Waals surface area contributed by atoms with Gasteiger partial charge in [-0.25, -0.2) is 0 Å². The van der Waals surface area contributed by atoms with E-state index in [2.05, 4.69) is 18.0 Å². The summed E-state index contributed by atoms with van der Waals surface area (Å²) < 4.78 is 10.7. The van der Waals surface area contributed by atoms with E-state index in [9.17, 15) is 4.79 Å². The number of amides is 1. The fraction of sp³-hybridized carbons (Fsp3) is 0.211. The maximum atomic E-state index is 11.8. The molecule has 0 fully saturated rings. The highest BCUT2D eigenvalue weighted by atomic mass is 16.5. The zero-order valence-corrected chi connectivity index (χ0v) is 13.0. The van der Waals surface area contributed by atoms with E-state index in [1.54, 1.807) is 7.11 Å². The molecule has 23 heavy (non-hydrogen) atoms. The van der Waals surface area contributed by atoms with Crippen molar-refractivity contribution in [2.24, 2.45) is 0 Å². The van der Waals surface area contributed by atoms with Gasteiger partial charge in [-0.05, 0) is 47.0 Å². The molecule has 2 aromatic rings. The quantitative estimate of drug-likeness (QED) is 0.864. The molecule has 4 nitrogen and oxygen atoms in total. The van der Waals surface area contributed by atoms with Crippen LogP contribution in [0.3, 0.4) is 0 Å². The highest BCUT2D eigenvalue weighted by molar-refractivity contribution is 5.87. The summed E-state index contributed by atoms with van der Waals surface area (Å²) in [5.41, 5.74) is 3.18. The molecular formula is C19H19NO3. The predicted molar refractivity (Wildman–Crippen MR) is 88.8 cm³/mol. The Morgan fingerprint density at radius 3 is 2.70 bits per heavy atom. The standard InChI is InChI=1S/C19H19NO3/c1-3-18(21)20-19(13-4-7-16(22-2)8-5-13)15-6-9-17-14(12-15)10-11-23-17/h3-9,12,19H,1,10-11H2,2H3,(H,20,21). The van der Waals surface area contributed by atoms with Gasteiger partial charge in [0.1, 0.15) is 11.5 Å². The van der Waals surface area contributed by atoms with E-state index >= 15 is 0 Å². The number of carbonyl (C=O) groups is 1. The van der Waals surface area contributed by atoms with Gasteiger partial charge in [-0.1, -0.05) is 24.8 Å². The Kier molecular flexibility index (Phi) is 4.33. The fourth-order valence-corrected chi connectivity index (χ4v) is 2.74. The van der Waals surface area contributed by atoms with E-state index in [0.29, 0.717) is 6.61 Å². The Hall–Kier alpha value is -2.75. The minimum Gasteiger partial charge on any atom is -0.497 e. The van der Waals surface area contributed by atoms with Crippen molar-refractivity contribution < 1.29 is 14.3 Å². The van der Waals surface area contributed by atoms with Crippen LogP contribution < -0.4 is 14.8 Å². The van der Waals surface area contributed by atoms with Gasteiger partial charge in [0.25, 0.3) is 0 Å². The van der Waals surface area contributed by atoms with Crippen molar-refractivity contribution in [3.05, 3.63) is 71.8 Å². The van der Waals surface area contributed by atoms with Crippen LogP contribution in [-0.2, 0) is 11.2 Å². The number of benzene rings is 2. The SMILES string of the molecule is C=CC(=O)NC(c1ccc(OC)cc1)c1ccc2c(c1)CCO2. The van der Waals surface area contributed by atoms with Crippen LogP contribution in [0.15, 0.2) is 55.1 Å². The Balaban J connectivity index is 1.97. The van der Waals surface area contributed by atoms with Crippen molar-refractivity contribution in [1.82, 2.24) is 5.32 Å². The molecule has 0 bridgehead atoms. The number of hydrogen-bond donors (Lipinski definition) is 1. The summed E-state index contributed by atoms with van der Waals surface area (Å²) in [6.07, 6.45) is 2.18. The molecule has 118 valence electrons. The normalized spacial score (nSPS) is 13.6. The first kappa shape index (κ1) is 15.2. The van der Waals surface area contributed by atoms with E-state index in [0.717, 1.165) is 29.0 Å². The Morgan fingerprint density at radius 2 is 2.00 bits per heavy atom. The maximum absolute atomic E-state index is 11.8. The second-order valence-electron chi connectivity index (χ2n) is 5.38. The van der Waals surface area contributed by atoms with Crippen molar-refractivity contribution in [3.63, 3.8) is 0 Å². The Labute approximate surface area is 135 Å². The molecule has 1 aliphatic rings. The first-order chi connectivity index (χ1) is 11.2. The number of nitrogens with one attached hydrogen (secondary N) is 1. The number of carbonyl (C=O) groups excluding carboxylic acids is 1. The van der Waals surface area contributed by atoms with E-state index in [1.807, 2.05) is 36.4 Å². The van der Waals surface area contributed by atoms with Gasteiger partial charge in [-0.3, -0.25) is 4.79 Å². The first-order valence-electron chi connectivity index (χ1n) is 7.54. The van der Waals surface area contributed by atoms with Crippen molar-refractivity contribution in [2.75, 3.05) is 13.7 Å². The molecule has 4 heteroatoms. The molecule has 0 saturated heterocycles. The van der Waals surface area contributed by atoms with E-state index in [4.69, 9.17) is 9.47 Å². The van der Waals surface area contributed by atoms with Crippen molar-refractivity contribution in [2.45, 2.75) is 12.5 Å². The molecular weight excluding hydrogens is 290 g/mol. The number of fused-ring (bicyclic) bond motifs is 1. The summed E-state index contributed by atoms with van der Waals surface area (Å²) in [4.78, 5) is 11.8. The summed E-state index contributed by atoms with van der Waals surface area (Å²) in [7, 11) is 1.63. The summed E-state index contributed by atoms with van der Waals surface area (Å²) in [5, 5.41) is 2.99. The van der Waals surface area contributed by atoms with Crippen LogP contribution in [-0.4, -0.2) is 19.6 Å². The largest absolute Gasteiger partial charge is 0.497 e. The molecule has 0 aromatic heterocycles. The van der Waals surface area contributed by atoms with Crippen LogP contribution >= 0.6 is 0 Å². The lowest BCUT2D eigenvalue weighted by atomic mass is 9.96. The summed E-state index contributed by atoms with van der Waals surface area (Å²) in [6.45, 7) is 4.25. The third kappa shape index (κ3) is 3.21. The highest BCUT2D eigenvalue weighted by Gasteiger charge is 2.19. The minimum absolute atomic E-state index is 0.206. The van der Waals surface area contributed by atoms with Crippen LogP contribution in [0.2, 0.25) is 0 Å². The molecule has 1 N–H and O–H groups in total. The van der Waals surface area contributed by atoms with Gasteiger partial charge < -0.3 is 14.8 Å². The second kappa shape index (κ2) is 6.57. The summed E-state index contributed by atoms with van der Waals surface area (Å²) in [5.74, 6) is 1.50. The van der Waals surface area contributed by atoms with E-state index in [1.165, 1.54) is 11.6 Å². The van der Waals surface area contributed by atoms with Crippen LogP contribution in [0, 0.1) is 0 Å². The zero-order chi connectivity index (χ0) is 16.2. The average Bonchev–Trinajstić information content (AvgIpc) is 3.07. The number of hydrogen-bond acceptors (Lipinski definition) is 3. The summed E-state index contributed by atoms with van der Waals surface area (Å²) >= 11 is 0. The average molecular weight is 309 g/mol. The predicted octanol–water partition coefficient (Wildman–Crippen LogP) is 3.02. The van der Waals surface area contributed by atoms with Crippen molar-refractivity contribution in [3.8, 4) is 11.5 Å². The molecule has 3 rings (SSSR count). The van der Waals surface area contributed by atoms with Crippen molar-refractivity contribution >= 4 is 5.91 Å². The number of methoxy groups -OCH3 is 1. The first-order valence-corrected chi connectivity index (χ1v) is 7.54. The Morgan fingerprint density at radius 1 is 1.26 bits per heavy atom. The molecule has 1 unspecified atom stereocenters. The lowest BCUT2D eigenvalue weighted by molar-refractivity contribution is -0.116.